The van der Waals surface area contributed by atoms with Crippen molar-refractivity contribution in [2.75, 3.05) is 28.6 Å². The van der Waals surface area contributed by atoms with Gasteiger partial charge in [-0.1, -0.05) is 48.9 Å². The zero-order valence-electron chi connectivity index (χ0n) is 19.5. The molecule has 1 aliphatic rings. The fraction of sp³-hybridized carbons (Fsp3) is 0.259. The number of anilines is 3. The third-order valence-electron chi connectivity index (χ3n) is 6.10. The summed E-state index contributed by atoms with van der Waals surface area (Å²) in [5.74, 6) is -0.116. The van der Waals surface area contributed by atoms with Gasteiger partial charge in [0.05, 0.1) is 10.6 Å². The van der Waals surface area contributed by atoms with E-state index in [1.165, 1.54) is 18.2 Å². The molecule has 1 saturated heterocycles. The molecule has 0 aromatic heterocycles. The predicted molar refractivity (Wildman–Crippen MR) is 139 cm³/mol. The Bertz CT molecular complexity index is 1200. The molecular formula is C27H28ClFN4O2. The average molecular weight is 495 g/mol. The predicted octanol–water partition coefficient (Wildman–Crippen LogP) is 6.29. The Morgan fingerprint density at radius 2 is 1.63 bits per heavy atom. The molecule has 3 amide bonds. The fourth-order valence-electron chi connectivity index (χ4n) is 4.06. The summed E-state index contributed by atoms with van der Waals surface area (Å²) in [4.78, 5) is 28.0. The van der Waals surface area contributed by atoms with Crippen LogP contribution in [-0.2, 0) is 6.54 Å². The van der Waals surface area contributed by atoms with Crippen LogP contribution in [0.4, 0.5) is 26.2 Å². The van der Waals surface area contributed by atoms with Crippen LogP contribution in [0.2, 0.25) is 5.02 Å². The van der Waals surface area contributed by atoms with Gasteiger partial charge in [0.2, 0.25) is 0 Å². The SMILES string of the molecule is CC1CCN(c2ccc(NC(=O)Nc3ccc(F)c(Cl)c3)cc2C(=O)NCc2ccccc2)CC1. The maximum absolute atomic E-state index is 13.4. The topological polar surface area (TPSA) is 73.5 Å². The molecular weight excluding hydrogens is 467 g/mol. The summed E-state index contributed by atoms with van der Waals surface area (Å²) in [7, 11) is 0. The molecule has 1 heterocycles. The lowest BCUT2D eigenvalue weighted by Gasteiger charge is -2.33. The Kier molecular flexibility index (Phi) is 7.87. The van der Waals surface area contributed by atoms with Crippen LogP contribution in [0.15, 0.2) is 66.7 Å². The highest BCUT2D eigenvalue weighted by Gasteiger charge is 2.22. The number of nitrogens with zero attached hydrogens (tertiary/aromatic N) is 1. The molecule has 3 aromatic carbocycles. The van der Waals surface area contributed by atoms with Crippen molar-refractivity contribution in [1.29, 1.82) is 0 Å². The van der Waals surface area contributed by atoms with Crippen LogP contribution in [0.25, 0.3) is 0 Å². The van der Waals surface area contributed by atoms with Crippen molar-refractivity contribution in [2.24, 2.45) is 5.92 Å². The highest BCUT2D eigenvalue weighted by molar-refractivity contribution is 6.31. The molecule has 182 valence electrons. The quantitative estimate of drug-likeness (QED) is 0.377. The fourth-order valence-corrected chi connectivity index (χ4v) is 4.24. The number of benzene rings is 3. The van der Waals surface area contributed by atoms with Gasteiger partial charge in [-0.3, -0.25) is 4.79 Å². The van der Waals surface area contributed by atoms with E-state index in [4.69, 9.17) is 11.6 Å². The standard InChI is InChI=1S/C27H28ClFN4O2/c1-18-11-13-33(14-12-18)25-10-8-20(31-27(35)32-21-7-9-24(29)23(28)16-21)15-22(25)26(34)30-17-19-5-3-2-4-6-19/h2-10,15-16,18H,11-14,17H2,1H3,(H,30,34)(H2,31,32,35). The summed E-state index contributed by atoms with van der Waals surface area (Å²) in [6.45, 7) is 4.39. The van der Waals surface area contributed by atoms with E-state index in [9.17, 15) is 14.0 Å². The van der Waals surface area contributed by atoms with E-state index in [1.807, 2.05) is 36.4 Å². The van der Waals surface area contributed by atoms with Gasteiger partial charge in [0.1, 0.15) is 5.82 Å². The molecule has 1 aliphatic heterocycles. The average Bonchev–Trinajstić information content (AvgIpc) is 2.86. The Morgan fingerprint density at radius 3 is 2.31 bits per heavy atom. The van der Waals surface area contributed by atoms with Gasteiger partial charge in [0, 0.05) is 36.7 Å². The van der Waals surface area contributed by atoms with Crippen LogP contribution in [0.5, 0.6) is 0 Å². The molecule has 1 fully saturated rings. The van der Waals surface area contributed by atoms with Crippen LogP contribution in [0.3, 0.4) is 0 Å². The van der Waals surface area contributed by atoms with Crippen molar-refractivity contribution in [3.8, 4) is 0 Å². The summed E-state index contributed by atoms with van der Waals surface area (Å²) < 4.78 is 13.4. The van der Waals surface area contributed by atoms with Gasteiger partial charge in [-0.15, -0.1) is 0 Å². The Hall–Kier alpha value is -3.58. The van der Waals surface area contributed by atoms with E-state index < -0.39 is 11.8 Å². The second kappa shape index (κ2) is 11.2. The second-order valence-electron chi connectivity index (χ2n) is 8.78. The van der Waals surface area contributed by atoms with E-state index in [2.05, 4.69) is 27.8 Å². The Morgan fingerprint density at radius 1 is 0.971 bits per heavy atom. The molecule has 4 rings (SSSR count). The first kappa shape index (κ1) is 24.5. The number of piperidine rings is 1. The summed E-state index contributed by atoms with van der Waals surface area (Å²) in [6, 6.07) is 18.4. The number of carbonyl (C=O) groups excluding carboxylic acids is 2. The highest BCUT2D eigenvalue weighted by Crippen LogP contribution is 2.29. The molecule has 0 atom stereocenters. The van der Waals surface area contributed by atoms with Crippen LogP contribution in [0.1, 0.15) is 35.7 Å². The van der Waals surface area contributed by atoms with Crippen LogP contribution >= 0.6 is 11.6 Å². The van der Waals surface area contributed by atoms with Crippen LogP contribution in [-0.4, -0.2) is 25.0 Å². The largest absolute Gasteiger partial charge is 0.371 e. The lowest BCUT2D eigenvalue weighted by molar-refractivity contribution is 0.0951. The van der Waals surface area contributed by atoms with Gasteiger partial charge in [-0.25, -0.2) is 9.18 Å². The number of hydrogen-bond donors (Lipinski definition) is 3. The lowest BCUT2D eigenvalue weighted by Crippen LogP contribution is -2.35. The van der Waals surface area contributed by atoms with Crippen molar-refractivity contribution in [3.05, 3.63) is 88.7 Å². The first-order valence-electron chi connectivity index (χ1n) is 11.6. The van der Waals surface area contributed by atoms with Gasteiger partial charge in [-0.05, 0) is 60.7 Å². The monoisotopic (exact) mass is 494 g/mol. The minimum atomic E-state index is -0.563. The van der Waals surface area contributed by atoms with Crippen molar-refractivity contribution < 1.29 is 14.0 Å². The summed E-state index contributed by atoms with van der Waals surface area (Å²) in [5, 5.41) is 8.28. The highest BCUT2D eigenvalue weighted by atomic mass is 35.5. The van der Waals surface area contributed by atoms with Crippen molar-refractivity contribution in [2.45, 2.75) is 26.3 Å². The third-order valence-corrected chi connectivity index (χ3v) is 6.39. The molecule has 0 spiro atoms. The first-order chi connectivity index (χ1) is 16.9. The molecule has 8 heteroatoms. The second-order valence-corrected chi connectivity index (χ2v) is 9.18. The Labute approximate surface area is 209 Å². The smallest absolute Gasteiger partial charge is 0.323 e. The van der Waals surface area contributed by atoms with E-state index in [1.54, 1.807) is 12.1 Å². The normalized spacial score (nSPS) is 13.9. The first-order valence-corrected chi connectivity index (χ1v) is 12.0. The number of amides is 3. The Balaban J connectivity index is 1.52. The lowest BCUT2D eigenvalue weighted by atomic mass is 9.97. The number of rotatable bonds is 6. The molecule has 0 saturated carbocycles. The van der Waals surface area contributed by atoms with E-state index in [0.29, 0.717) is 29.4 Å². The van der Waals surface area contributed by atoms with E-state index >= 15 is 0 Å². The summed E-state index contributed by atoms with van der Waals surface area (Å²) in [6.07, 6.45) is 2.13. The third kappa shape index (κ3) is 6.51. The van der Waals surface area contributed by atoms with Crippen molar-refractivity contribution in [1.82, 2.24) is 5.32 Å². The minimum Gasteiger partial charge on any atom is -0.371 e. The van der Waals surface area contributed by atoms with Gasteiger partial charge in [0.15, 0.2) is 0 Å². The summed E-state index contributed by atoms with van der Waals surface area (Å²) in [5.41, 5.74) is 3.17. The van der Waals surface area contributed by atoms with Gasteiger partial charge >= 0.3 is 6.03 Å². The molecule has 0 radical (unpaired) electrons. The zero-order valence-corrected chi connectivity index (χ0v) is 20.2. The molecule has 0 bridgehead atoms. The number of carbonyl (C=O) groups is 2. The zero-order chi connectivity index (χ0) is 24.8. The maximum atomic E-state index is 13.4. The maximum Gasteiger partial charge on any atom is 0.323 e. The summed E-state index contributed by atoms with van der Waals surface area (Å²) >= 11 is 5.79. The van der Waals surface area contributed by atoms with Crippen molar-refractivity contribution >= 4 is 40.6 Å². The molecule has 3 N–H and O–H groups in total. The van der Waals surface area contributed by atoms with Crippen LogP contribution in [0, 0.1) is 11.7 Å². The molecule has 0 aliphatic carbocycles. The molecule has 35 heavy (non-hydrogen) atoms. The van der Waals surface area contributed by atoms with Crippen molar-refractivity contribution in [3.63, 3.8) is 0 Å². The number of halogens is 2. The molecule has 3 aromatic rings. The number of urea groups is 1. The van der Waals surface area contributed by atoms with Gasteiger partial charge in [-0.2, -0.15) is 0 Å². The van der Waals surface area contributed by atoms with Gasteiger partial charge < -0.3 is 20.9 Å². The van der Waals surface area contributed by atoms with Crippen LogP contribution < -0.4 is 20.9 Å². The van der Waals surface area contributed by atoms with E-state index in [-0.39, 0.29) is 10.9 Å². The minimum absolute atomic E-state index is 0.0830. The molecule has 6 nitrogen and oxygen atoms in total. The number of nitrogens with one attached hydrogen (secondary N) is 3. The van der Waals surface area contributed by atoms with Gasteiger partial charge in [0.25, 0.3) is 5.91 Å². The van der Waals surface area contributed by atoms with E-state index in [0.717, 1.165) is 37.2 Å². The molecule has 0 unspecified atom stereocenters. The number of hydrogen-bond acceptors (Lipinski definition) is 3.